The number of hydrogen-bond acceptors (Lipinski definition) is 8. The minimum absolute atomic E-state index is 0.0945. The molecule has 0 saturated carbocycles. The van der Waals surface area contributed by atoms with Gasteiger partial charge in [-0.05, 0) is 18.6 Å². The van der Waals surface area contributed by atoms with Crippen molar-refractivity contribution in [3.8, 4) is 5.75 Å². The quantitative estimate of drug-likeness (QED) is 0.325. The zero-order valence-electron chi connectivity index (χ0n) is 12.7. The van der Waals surface area contributed by atoms with Crippen molar-refractivity contribution in [1.82, 2.24) is 0 Å². The van der Waals surface area contributed by atoms with Gasteiger partial charge in [-0.15, -0.1) is 0 Å². The number of rotatable bonds is 8. The molecule has 9 heteroatoms. The van der Waals surface area contributed by atoms with Crippen LogP contribution in [0, 0.1) is 0 Å². The second kappa shape index (κ2) is 9.38. The molecule has 130 valence electrons. The fraction of sp³-hybridized carbons (Fsp3) is 0.333. The van der Waals surface area contributed by atoms with E-state index in [4.69, 9.17) is 21.3 Å². The maximum Gasteiger partial charge on any atom is 0.328 e. The lowest BCUT2D eigenvalue weighted by Gasteiger charge is -2.11. The first-order chi connectivity index (χ1) is 11.3. The normalized spacial score (nSPS) is 12.8. The smallest absolute Gasteiger partial charge is 0.328 e. The fourth-order valence-corrected chi connectivity index (χ4v) is 1.56. The van der Waals surface area contributed by atoms with Gasteiger partial charge in [-0.25, -0.2) is 4.79 Å². The standard InChI is InChI=1S/C15H18N2O7/c16-10(15(22)23-9-4-2-1-3-5-9)6-7-12(18)24-13(19)8-11(17)14(20)21/h1-5,10-11H,6-8,16-17H2,(H,20,21)/t10-,11-/m0/s1. The van der Waals surface area contributed by atoms with E-state index in [1.807, 2.05) is 0 Å². The Morgan fingerprint density at radius 1 is 1.00 bits per heavy atom. The maximum atomic E-state index is 11.7. The van der Waals surface area contributed by atoms with Crippen molar-refractivity contribution in [1.29, 1.82) is 0 Å². The molecule has 0 aliphatic rings. The van der Waals surface area contributed by atoms with Gasteiger partial charge in [-0.1, -0.05) is 18.2 Å². The molecular formula is C15H18N2O7. The number of benzene rings is 1. The number of nitrogens with two attached hydrogens (primary N) is 2. The molecule has 0 radical (unpaired) electrons. The minimum atomic E-state index is -1.45. The molecule has 24 heavy (non-hydrogen) atoms. The number of esters is 3. The molecule has 1 aromatic carbocycles. The van der Waals surface area contributed by atoms with E-state index in [0.717, 1.165) is 0 Å². The van der Waals surface area contributed by atoms with E-state index in [0.29, 0.717) is 5.75 Å². The van der Waals surface area contributed by atoms with Gasteiger partial charge in [0.15, 0.2) is 0 Å². The summed E-state index contributed by atoms with van der Waals surface area (Å²) in [6, 6.07) is 5.73. The lowest BCUT2D eigenvalue weighted by Crippen LogP contribution is -2.35. The van der Waals surface area contributed by atoms with Crippen molar-refractivity contribution < 1.29 is 33.8 Å². The van der Waals surface area contributed by atoms with Crippen LogP contribution in [0.15, 0.2) is 30.3 Å². The highest BCUT2D eigenvalue weighted by molar-refractivity contribution is 5.89. The highest BCUT2D eigenvalue weighted by Crippen LogP contribution is 2.10. The number of carboxylic acid groups (broad SMARTS) is 1. The molecule has 5 N–H and O–H groups in total. The van der Waals surface area contributed by atoms with E-state index in [1.165, 1.54) is 0 Å². The molecule has 0 heterocycles. The number of carboxylic acids is 1. The Labute approximate surface area is 137 Å². The van der Waals surface area contributed by atoms with Crippen LogP contribution < -0.4 is 16.2 Å². The van der Waals surface area contributed by atoms with Crippen molar-refractivity contribution in [2.75, 3.05) is 0 Å². The molecule has 0 spiro atoms. The van der Waals surface area contributed by atoms with Gasteiger partial charge in [0.1, 0.15) is 17.8 Å². The third kappa shape index (κ3) is 6.99. The predicted molar refractivity (Wildman–Crippen MR) is 80.6 cm³/mol. The van der Waals surface area contributed by atoms with Crippen molar-refractivity contribution in [2.24, 2.45) is 11.5 Å². The largest absolute Gasteiger partial charge is 0.480 e. The van der Waals surface area contributed by atoms with Gasteiger partial charge in [0.25, 0.3) is 0 Å². The zero-order chi connectivity index (χ0) is 18.1. The second-order valence-electron chi connectivity index (χ2n) is 4.87. The van der Waals surface area contributed by atoms with Crippen LogP contribution in [-0.4, -0.2) is 41.1 Å². The summed E-state index contributed by atoms with van der Waals surface area (Å²) in [5, 5.41) is 8.54. The van der Waals surface area contributed by atoms with Crippen molar-refractivity contribution in [2.45, 2.75) is 31.3 Å². The Morgan fingerprint density at radius 2 is 1.62 bits per heavy atom. The van der Waals surface area contributed by atoms with Crippen LogP contribution in [0.3, 0.4) is 0 Å². The molecule has 0 aliphatic carbocycles. The number of hydrogen-bond donors (Lipinski definition) is 3. The molecular weight excluding hydrogens is 320 g/mol. The Morgan fingerprint density at radius 3 is 2.21 bits per heavy atom. The first kappa shape index (κ1) is 19.3. The molecule has 1 rings (SSSR count). The number of aliphatic carboxylic acids is 1. The highest BCUT2D eigenvalue weighted by atomic mass is 16.6. The van der Waals surface area contributed by atoms with E-state index in [-0.39, 0.29) is 12.8 Å². The highest BCUT2D eigenvalue weighted by Gasteiger charge is 2.22. The van der Waals surface area contributed by atoms with Gasteiger partial charge >= 0.3 is 23.9 Å². The molecule has 1 aromatic rings. The fourth-order valence-electron chi connectivity index (χ4n) is 1.56. The lowest BCUT2D eigenvalue weighted by molar-refractivity contribution is -0.161. The Kier molecular flexibility index (Phi) is 7.53. The molecule has 0 saturated heterocycles. The third-order valence-corrected chi connectivity index (χ3v) is 2.86. The monoisotopic (exact) mass is 338 g/mol. The maximum absolute atomic E-state index is 11.7. The lowest BCUT2D eigenvalue weighted by atomic mass is 10.1. The zero-order valence-corrected chi connectivity index (χ0v) is 12.7. The molecule has 2 atom stereocenters. The summed E-state index contributed by atoms with van der Waals surface area (Å²) in [4.78, 5) is 44.9. The van der Waals surface area contributed by atoms with Gasteiger partial charge in [0.05, 0.1) is 6.42 Å². The summed E-state index contributed by atoms with van der Waals surface area (Å²) in [7, 11) is 0. The molecule has 0 fully saturated rings. The van der Waals surface area contributed by atoms with E-state index in [1.54, 1.807) is 30.3 Å². The van der Waals surface area contributed by atoms with Crippen LogP contribution in [0.25, 0.3) is 0 Å². The van der Waals surface area contributed by atoms with Crippen LogP contribution in [0.1, 0.15) is 19.3 Å². The molecule has 0 bridgehead atoms. The van der Waals surface area contributed by atoms with E-state index >= 15 is 0 Å². The van der Waals surface area contributed by atoms with Crippen LogP contribution in [-0.2, 0) is 23.9 Å². The Bertz CT molecular complexity index is 603. The number of para-hydroxylation sites is 1. The topological polar surface area (TPSA) is 159 Å². The number of carbonyl (C=O) groups is 4. The summed E-state index contributed by atoms with van der Waals surface area (Å²) in [6.45, 7) is 0. The molecule has 0 aliphatic heterocycles. The van der Waals surface area contributed by atoms with Crippen molar-refractivity contribution in [3.05, 3.63) is 30.3 Å². The molecule has 0 aromatic heterocycles. The second-order valence-corrected chi connectivity index (χ2v) is 4.87. The van der Waals surface area contributed by atoms with Crippen molar-refractivity contribution in [3.63, 3.8) is 0 Å². The van der Waals surface area contributed by atoms with E-state index in [9.17, 15) is 19.2 Å². The summed E-state index contributed by atoms with van der Waals surface area (Å²) in [5.41, 5.74) is 10.7. The van der Waals surface area contributed by atoms with Gasteiger partial charge in [-0.2, -0.15) is 0 Å². The molecule has 0 unspecified atom stereocenters. The predicted octanol–water partition coefficient (Wildman–Crippen LogP) is -0.429. The van der Waals surface area contributed by atoms with Crippen LogP contribution in [0.2, 0.25) is 0 Å². The average molecular weight is 338 g/mol. The minimum Gasteiger partial charge on any atom is -0.480 e. The summed E-state index contributed by atoms with van der Waals surface area (Å²) in [5.74, 6) is -3.78. The average Bonchev–Trinajstić information content (AvgIpc) is 2.53. The third-order valence-electron chi connectivity index (χ3n) is 2.86. The number of ether oxygens (including phenoxy) is 2. The SMILES string of the molecule is N[C@@H](CC(=O)OC(=O)CC[C@H](N)C(=O)Oc1ccccc1)C(=O)O. The van der Waals surface area contributed by atoms with Crippen LogP contribution in [0.4, 0.5) is 0 Å². The van der Waals surface area contributed by atoms with Crippen LogP contribution >= 0.6 is 0 Å². The van der Waals surface area contributed by atoms with Gasteiger partial charge < -0.3 is 26.0 Å². The molecule has 0 amide bonds. The summed E-state index contributed by atoms with van der Waals surface area (Å²) >= 11 is 0. The summed E-state index contributed by atoms with van der Waals surface area (Å²) in [6.07, 6.45) is -1.04. The summed E-state index contributed by atoms with van der Waals surface area (Å²) < 4.78 is 9.39. The van der Waals surface area contributed by atoms with Crippen LogP contribution in [0.5, 0.6) is 5.75 Å². The Hall–Kier alpha value is -2.78. The van der Waals surface area contributed by atoms with E-state index in [2.05, 4.69) is 4.74 Å². The van der Waals surface area contributed by atoms with Gasteiger partial charge in [0.2, 0.25) is 0 Å². The van der Waals surface area contributed by atoms with E-state index < -0.39 is 42.4 Å². The first-order valence-corrected chi connectivity index (χ1v) is 7.03. The van der Waals surface area contributed by atoms with Gasteiger partial charge in [-0.3, -0.25) is 14.4 Å². The van der Waals surface area contributed by atoms with Crippen molar-refractivity contribution >= 4 is 23.9 Å². The number of carbonyl (C=O) groups excluding carboxylic acids is 3. The van der Waals surface area contributed by atoms with Gasteiger partial charge in [0, 0.05) is 6.42 Å². The Balaban J connectivity index is 2.34. The first-order valence-electron chi connectivity index (χ1n) is 7.03. The molecule has 9 nitrogen and oxygen atoms in total.